The van der Waals surface area contributed by atoms with Crippen molar-refractivity contribution in [3.05, 3.63) is 71.8 Å². The number of nitrogens with zero attached hydrogens (tertiary/aromatic N) is 1. The Bertz CT molecular complexity index is 964. The van der Waals surface area contributed by atoms with Crippen molar-refractivity contribution in [3.63, 3.8) is 0 Å². The Morgan fingerprint density at radius 3 is 2.06 bits per heavy atom. The summed E-state index contributed by atoms with van der Waals surface area (Å²) in [7, 11) is 5.41. The SMILES string of the molecule is CC[N+]1(C)CCC(O)(/C=C/c2ccc(OC)cc2)C(C(=O)/C=C/c2ccc(OC)cc2)C1. The minimum absolute atomic E-state index is 0.0554. The fraction of sp³-hybridized carbons (Fsp3) is 0.370. The van der Waals surface area contributed by atoms with E-state index in [4.69, 9.17) is 9.47 Å². The van der Waals surface area contributed by atoms with E-state index in [9.17, 15) is 9.90 Å². The number of likely N-dealkylation sites (tertiary alicyclic amines) is 1. The van der Waals surface area contributed by atoms with Gasteiger partial charge in [0.2, 0.25) is 0 Å². The molecule has 1 aliphatic heterocycles. The van der Waals surface area contributed by atoms with Crippen LogP contribution in [0.4, 0.5) is 0 Å². The highest BCUT2D eigenvalue weighted by Gasteiger charge is 2.48. The predicted molar refractivity (Wildman–Crippen MR) is 129 cm³/mol. The molecule has 32 heavy (non-hydrogen) atoms. The summed E-state index contributed by atoms with van der Waals surface area (Å²) in [5, 5.41) is 11.6. The van der Waals surface area contributed by atoms with Gasteiger partial charge in [-0.3, -0.25) is 4.79 Å². The number of allylic oxidation sites excluding steroid dienone is 1. The highest BCUT2D eigenvalue weighted by Crippen LogP contribution is 2.34. The lowest BCUT2D eigenvalue weighted by Gasteiger charge is -2.46. The first-order valence-corrected chi connectivity index (χ1v) is 11.1. The van der Waals surface area contributed by atoms with Gasteiger partial charge in [0.05, 0.1) is 40.9 Å². The van der Waals surface area contributed by atoms with Crippen LogP contribution in [0.25, 0.3) is 12.2 Å². The summed E-state index contributed by atoms with van der Waals surface area (Å²) in [5.41, 5.74) is 0.686. The first-order chi connectivity index (χ1) is 15.3. The monoisotopic (exact) mass is 436 g/mol. The number of quaternary nitrogens is 1. The number of benzene rings is 2. The van der Waals surface area contributed by atoms with Crippen LogP contribution in [-0.2, 0) is 4.79 Å². The van der Waals surface area contributed by atoms with Crippen molar-refractivity contribution >= 4 is 17.9 Å². The molecule has 0 saturated carbocycles. The minimum Gasteiger partial charge on any atom is -0.497 e. The Hall–Kier alpha value is -2.89. The third kappa shape index (κ3) is 5.67. The topological polar surface area (TPSA) is 55.8 Å². The van der Waals surface area contributed by atoms with Gasteiger partial charge in [-0.2, -0.15) is 0 Å². The van der Waals surface area contributed by atoms with Gasteiger partial charge < -0.3 is 19.1 Å². The molecule has 2 aromatic rings. The molecule has 0 radical (unpaired) electrons. The zero-order valence-electron chi connectivity index (χ0n) is 19.5. The molecule has 0 amide bonds. The van der Waals surface area contributed by atoms with Crippen molar-refractivity contribution < 1.29 is 23.9 Å². The van der Waals surface area contributed by atoms with Gasteiger partial charge in [0, 0.05) is 6.42 Å². The molecular formula is C27H34NO4+. The third-order valence-corrected chi connectivity index (χ3v) is 6.62. The van der Waals surface area contributed by atoms with Gasteiger partial charge in [0.15, 0.2) is 5.78 Å². The lowest BCUT2D eigenvalue weighted by atomic mass is 9.76. The van der Waals surface area contributed by atoms with E-state index < -0.39 is 11.5 Å². The standard InChI is InChI=1S/C27H34NO4/c1-5-28(2)19-18-27(30,17-16-22-8-13-24(32-4)14-9-22)25(20-28)26(29)15-10-21-6-11-23(31-3)12-7-21/h6-17,25,30H,5,18-20H2,1-4H3/q+1/b15-10+,17-16+. The number of ether oxygens (including phenoxy) is 2. The summed E-state index contributed by atoms with van der Waals surface area (Å²) in [6.07, 6.45) is 7.65. The largest absolute Gasteiger partial charge is 0.497 e. The highest BCUT2D eigenvalue weighted by molar-refractivity contribution is 5.96. The maximum atomic E-state index is 13.3. The smallest absolute Gasteiger partial charge is 0.167 e. The van der Waals surface area contributed by atoms with Crippen molar-refractivity contribution in [3.8, 4) is 11.5 Å². The summed E-state index contributed by atoms with van der Waals surface area (Å²) in [6.45, 7) is 4.48. The first-order valence-electron chi connectivity index (χ1n) is 11.1. The fourth-order valence-corrected chi connectivity index (χ4v) is 4.10. The van der Waals surface area contributed by atoms with E-state index in [2.05, 4.69) is 14.0 Å². The number of rotatable bonds is 8. The molecule has 1 saturated heterocycles. The van der Waals surface area contributed by atoms with E-state index in [1.165, 1.54) is 0 Å². The Balaban J connectivity index is 1.83. The van der Waals surface area contributed by atoms with E-state index in [0.29, 0.717) is 13.0 Å². The summed E-state index contributed by atoms with van der Waals surface area (Å²) >= 11 is 0. The van der Waals surface area contributed by atoms with Gasteiger partial charge >= 0.3 is 0 Å². The Kier molecular flexibility index (Phi) is 7.54. The molecule has 0 bridgehead atoms. The molecule has 3 atom stereocenters. The van der Waals surface area contributed by atoms with Gasteiger partial charge in [-0.05, 0) is 48.4 Å². The van der Waals surface area contributed by atoms with E-state index >= 15 is 0 Å². The van der Waals surface area contributed by atoms with Crippen molar-refractivity contribution in [2.75, 3.05) is 40.9 Å². The molecule has 0 aromatic heterocycles. The van der Waals surface area contributed by atoms with Crippen molar-refractivity contribution in [1.29, 1.82) is 0 Å². The van der Waals surface area contributed by atoms with Crippen molar-refractivity contribution in [1.82, 2.24) is 0 Å². The predicted octanol–water partition coefficient (Wildman–Crippen LogP) is 4.22. The quantitative estimate of drug-likeness (QED) is 0.497. The van der Waals surface area contributed by atoms with Crippen LogP contribution >= 0.6 is 0 Å². The van der Waals surface area contributed by atoms with Crippen LogP contribution in [0.15, 0.2) is 60.7 Å². The molecule has 1 heterocycles. The maximum absolute atomic E-state index is 13.3. The Morgan fingerprint density at radius 2 is 1.56 bits per heavy atom. The lowest BCUT2D eigenvalue weighted by Crippen LogP contribution is -2.61. The van der Waals surface area contributed by atoms with Gasteiger partial charge in [-0.15, -0.1) is 0 Å². The second-order valence-corrected chi connectivity index (χ2v) is 8.75. The molecule has 1 aliphatic rings. The summed E-state index contributed by atoms with van der Waals surface area (Å²) in [4.78, 5) is 13.3. The highest BCUT2D eigenvalue weighted by atomic mass is 16.5. The number of piperidine rings is 1. The average molecular weight is 437 g/mol. The molecule has 3 unspecified atom stereocenters. The zero-order valence-corrected chi connectivity index (χ0v) is 19.5. The average Bonchev–Trinajstić information content (AvgIpc) is 2.83. The molecule has 5 nitrogen and oxygen atoms in total. The van der Waals surface area contributed by atoms with E-state index in [0.717, 1.165) is 40.2 Å². The van der Waals surface area contributed by atoms with E-state index in [1.807, 2.05) is 54.6 Å². The van der Waals surface area contributed by atoms with Gasteiger partial charge in [0.25, 0.3) is 0 Å². The second kappa shape index (κ2) is 10.2. The Labute approximate surface area is 191 Å². The number of hydrogen-bond donors (Lipinski definition) is 1. The third-order valence-electron chi connectivity index (χ3n) is 6.62. The van der Waals surface area contributed by atoms with Gasteiger partial charge in [-0.25, -0.2) is 0 Å². The van der Waals surface area contributed by atoms with Crippen LogP contribution in [-0.4, -0.2) is 61.9 Å². The summed E-state index contributed by atoms with van der Waals surface area (Å²) in [5.74, 6) is 0.992. The second-order valence-electron chi connectivity index (χ2n) is 8.75. The van der Waals surface area contributed by atoms with Crippen LogP contribution in [0.2, 0.25) is 0 Å². The van der Waals surface area contributed by atoms with Crippen molar-refractivity contribution in [2.45, 2.75) is 18.9 Å². The molecule has 0 spiro atoms. The molecule has 0 aliphatic carbocycles. The van der Waals surface area contributed by atoms with E-state index in [1.54, 1.807) is 32.4 Å². The number of carbonyl (C=O) groups excluding carboxylic acids is 1. The molecule has 1 N–H and O–H groups in total. The number of methoxy groups -OCH3 is 2. The molecule has 3 rings (SSSR count). The normalized spacial score (nSPS) is 25.8. The van der Waals surface area contributed by atoms with Crippen LogP contribution in [0.3, 0.4) is 0 Å². The fourth-order valence-electron chi connectivity index (χ4n) is 4.10. The van der Waals surface area contributed by atoms with E-state index in [-0.39, 0.29) is 5.78 Å². The number of carbonyl (C=O) groups is 1. The molecule has 170 valence electrons. The molecular weight excluding hydrogens is 402 g/mol. The maximum Gasteiger partial charge on any atom is 0.167 e. The van der Waals surface area contributed by atoms with Crippen molar-refractivity contribution in [2.24, 2.45) is 5.92 Å². The molecule has 1 fully saturated rings. The number of aliphatic hydroxyl groups is 1. The number of hydrogen-bond acceptors (Lipinski definition) is 4. The minimum atomic E-state index is -1.19. The summed E-state index contributed by atoms with van der Waals surface area (Å²) < 4.78 is 11.2. The molecule has 5 heteroatoms. The first kappa shape index (κ1) is 23.8. The van der Waals surface area contributed by atoms with Crippen LogP contribution in [0.1, 0.15) is 24.5 Å². The molecule has 2 aromatic carbocycles. The van der Waals surface area contributed by atoms with Gasteiger partial charge in [-0.1, -0.05) is 42.5 Å². The van der Waals surface area contributed by atoms with Crippen LogP contribution in [0.5, 0.6) is 11.5 Å². The zero-order chi connectivity index (χ0) is 23.2. The van der Waals surface area contributed by atoms with Crippen LogP contribution in [0, 0.1) is 5.92 Å². The number of ketones is 1. The lowest BCUT2D eigenvalue weighted by molar-refractivity contribution is -0.916. The van der Waals surface area contributed by atoms with Gasteiger partial charge in [0.1, 0.15) is 23.0 Å². The Morgan fingerprint density at radius 1 is 1.03 bits per heavy atom. The summed E-state index contributed by atoms with van der Waals surface area (Å²) in [6, 6.07) is 15.2. The van der Waals surface area contributed by atoms with Crippen LogP contribution < -0.4 is 9.47 Å².